The lowest BCUT2D eigenvalue weighted by Gasteiger charge is -2.28. The maximum atomic E-state index is 13.0. The molecule has 1 aliphatic rings. The topological polar surface area (TPSA) is 35.6 Å². The van der Waals surface area contributed by atoms with E-state index < -0.39 is 0 Å². The smallest absolute Gasteiger partial charge is 0.251 e. The van der Waals surface area contributed by atoms with Gasteiger partial charge in [-0.05, 0) is 60.5 Å². The highest BCUT2D eigenvalue weighted by Gasteiger charge is 2.24. The lowest BCUT2D eigenvalue weighted by atomic mass is 10.0. The highest BCUT2D eigenvalue weighted by atomic mass is 16.1. The second-order valence-corrected chi connectivity index (χ2v) is 7.98. The van der Waals surface area contributed by atoms with Gasteiger partial charge >= 0.3 is 0 Å². The van der Waals surface area contributed by atoms with Crippen molar-refractivity contribution in [1.82, 2.24) is 10.2 Å². The van der Waals surface area contributed by atoms with Crippen molar-refractivity contribution in [2.45, 2.75) is 18.9 Å². The van der Waals surface area contributed by atoms with Gasteiger partial charge in [0.1, 0.15) is 0 Å². The molecule has 1 N–H and O–H groups in total. The van der Waals surface area contributed by atoms with Crippen molar-refractivity contribution in [2.75, 3.05) is 38.6 Å². The third-order valence-corrected chi connectivity index (χ3v) is 5.87. The number of anilines is 1. The van der Waals surface area contributed by atoms with E-state index in [2.05, 4.69) is 53.5 Å². The van der Waals surface area contributed by atoms with Crippen LogP contribution >= 0.6 is 0 Å². The van der Waals surface area contributed by atoms with Crippen LogP contribution < -0.4 is 10.2 Å². The molecular formula is C25H29N3O. The summed E-state index contributed by atoms with van der Waals surface area (Å²) in [4.78, 5) is 17.6. The van der Waals surface area contributed by atoms with Gasteiger partial charge in [-0.25, -0.2) is 0 Å². The first-order chi connectivity index (χ1) is 14.1. The highest BCUT2D eigenvalue weighted by molar-refractivity contribution is 6.07. The summed E-state index contributed by atoms with van der Waals surface area (Å²) < 4.78 is 0. The molecule has 0 aliphatic carbocycles. The Balaban J connectivity index is 1.54. The van der Waals surface area contributed by atoms with Gasteiger partial charge in [-0.15, -0.1) is 0 Å². The molecule has 1 aliphatic heterocycles. The first-order valence-electron chi connectivity index (χ1n) is 10.4. The van der Waals surface area contributed by atoms with E-state index >= 15 is 0 Å². The standard InChI is InChI=1S/C25H29N3O/c1-27(2)21-14-12-20(13-15-21)24(28-16-5-6-17-28)18-26-25(29)23-11-7-9-19-8-3-4-10-22(19)23/h3-4,7-15,24H,5-6,16-18H2,1-2H3,(H,26,29). The van der Waals surface area contributed by atoms with E-state index in [1.165, 1.54) is 24.1 Å². The summed E-state index contributed by atoms with van der Waals surface area (Å²) in [6.45, 7) is 2.79. The number of amides is 1. The van der Waals surface area contributed by atoms with Crippen LogP contribution in [0.5, 0.6) is 0 Å². The summed E-state index contributed by atoms with van der Waals surface area (Å²) in [5.41, 5.74) is 3.19. The molecule has 150 valence electrons. The third-order valence-electron chi connectivity index (χ3n) is 5.87. The van der Waals surface area contributed by atoms with E-state index in [0.717, 1.165) is 29.4 Å². The van der Waals surface area contributed by atoms with Crippen molar-refractivity contribution in [3.8, 4) is 0 Å². The van der Waals surface area contributed by atoms with E-state index in [0.29, 0.717) is 6.54 Å². The molecule has 0 radical (unpaired) electrons. The van der Waals surface area contributed by atoms with E-state index in [1.54, 1.807) is 0 Å². The molecule has 1 heterocycles. The van der Waals surface area contributed by atoms with Crippen molar-refractivity contribution in [2.24, 2.45) is 0 Å². The monoisotopic (exact) mass is 387 g/mol. The Kier molecular flexibility index (Phi) is 5.81. The molecule has 0 aromatic heterocycles. The normalized spacial score (nSPS) is 15.4. The van der Waals surface area contributed by atoms with Crippen LogP contribution in [0.3, 0.4) is 0 Å². The number of rotatable bonds is 6. The number of hydrogen-bond donors (Lipinski definition) is 1. The fourth-order valence-corrected chi connectivity index (χ4v) is 4.21. The first-order valence-corrected chi connectivity index (χ1v) is 10.4. The fraction of sp³-hybridized carbons (Fsp3) is 0.320. The zero-order chi connectivity index (χ0) is 20.2. The summed E-state index contributed by atoms with van der Waals surface area (Å²) in [6, 6.07) is 22.9. The molecular weight excluding hydrogens is 358 g/mol. The van der Waals surface area contributed by atoms with Crippen molar-refractivity contribution in [1.29, 1.82) is 0 Å². The molecule has 0 bridgehead atoms. The van der Waals surface area contributed by atoms with Crippen molar-refractivity contribution in [3.05, 3.63) is 77.9 Å². The zero-order valence-electron chi connectivity index (χ0n) is 17.3. The van der Waals surface area contributed by atoms with Gasteiger partial charge in [0, 0.05) is 31.9 Å². The summed E-state index contributed by atoms with van der Waals surface area (Å²) in [6.07, 6.45) is 2.45. The van der Waals surface area contributed by atoms with E-state index in [1.807, 2.05) is 42.5 Å². The van der Waals surface area contributed by atoms with Crippen LogP contribution in [-0.2, 0) is 0 Å². The van der Waals surface area contributed by atoms with E-state index in [-0.39, 0.29) is 11.9 Å². The molecule has 3 aromatic carbocycles. The molecule has 1 fully saturated rings. The highest BCUT2D eigenvalue weighted by Crippen LogP contribution is 2.26. The Hall–Kier alpha value is -2.85. The fourth-order valence-electron chi connectivity index (χ4n) is 4.21. The Morgan fingerprint density at radius 2 is 1.66 bits per heavy atom. The maximum absolute atomic E-state index is 13.0. The molecule has 0 saturated carbocycles. The van der Waals surface area contributed by atoms with E-state index in [4.69, 9.17) is 0 Å². The Morgan fingerprint density at radius 3 is 2.38 bits per heavy atom. The van der Waals surface area contributed by atoms with Crippen molar-refractivity contribution < 1.29 is 4.79 Å². The number of nitrogens with one attached hydrogen (secondary N) is 1. The number of hydrogen-bond acceptors (Lipinski definition) is 3. The van der Waals surface area contributed by atoms with Gasteiger partial charge in [0.05, 0.1) is 6.04 Å². The molecule has 1 saturated heterocycles. The molecule has 1 unspecified atom stereocenters. The predicted molar refractivity (Wildman–Crippen MR) is 121 cm³/mol. The van der Waals surface area contributed by atoms with Gasteiger partial charge in [-0.2, -0.15) is 0 Å². The minimum Gasteiger partial charge on any atom is -0.378 e. The number of fused-ring (bicyclic) bond motifs is 1. The quantitative estimate of drug-likeness (QED) is 0.678. The molecule has 1 amide bonds. The molecule has 4 heteroatoms. The predicted octanol–water partition coefficient (Wildman–Crippen LogP) is 4.47. The van der Waals surface area contributed by atoms with Crippen molar-refractivity contribution in [3.63, 3.8) is 0 Å². The second kappa shape index (κ2) is 8.66. The van der Waals surface area contributed by atoms with Gasteiger partial charge in [0.15, 0.2) is 0 Å². The number of benzene rings is 3. The van der Waals surface area contributed by atoms with Crippen LogP contribution in [0, 0.1) is 0 Å². The van der Waals surface area contributed by atoms with E-state index in [9.17, 15) is 4.79 Å². The number of carbonyl (C=O) groups is 1. The van der Waals surface area contributed by atoms with Gasteiger partial charge in [0.25, 0.3) is 5.91 Å². The Labute approximate surface area is 173 Å². The van der Waals surface area contributed by atoms with Crippen LogP contribution in [0.25, 0.3) is 10.8 Å². The molecule has 0 spiro atoms. The number of carbonyl (C=O) groups excluding carboxylic acids is 1. The summed E-state index contributed by atoms with van der Waals surface area (Å²) in [7, 11) is 4.11. The SMILES string of the molecule is CN(C)c1ccc(C(CNC(=O)c2cccc3ccccc23)N2CCCC2)cc1. The van der Waals surface area contributed by atoms with Crippen LogP contribution in [0.15, 0.2) is 66.7 Å². The lowest BCUT2D eigenvalue weighted by molar-refractivity contribution is 0.0939. The molecule has 29 heavy (non-hydrogen) atoms. The van der Waals surface area contributed by atoms with Gasteiger partial charge in [-0.1, -0.05) is 48.5 Å². The lowest BCUT2D eigenvalue weighted by Crippen LogP contribution is -2.36. The molecule has 4 rings (SSSR count). The summed E-state index contributed by atoms with van der Waals surface area (Å²) in [5.74, 6) is -0.00379. The Bertz CT molecular complexity index is 970. The number of likely N-dealkylation sites (tertiary alicyclic amines) is 1. The maximum Gasteiger partial charge on any atom is 0.251 e. The third kappa shape index (κ3) is 4.28. The summed E-state index contributed by atoms with van der Waals surface area (Å²) >= 11 is 0. The number of nitrogens with zero attached hydrogens (tertiary/aromatic N) is 2. The molecule has 4 nitrogen and oxygen atoms in total. The van der Waals surface area contributed by atoms with Gasteiger partial charge in [0.2, 0.25) is 0 Å². The first kappa shape index (κ1) is 19.5. The average molecular weight is 388 g/mol. The van der Waals surface area contributed by atoms with Crippen LogP contribution in [-0.4, -0.2) is 44.5 Å². The minimum atomic E-state index is -0.00379. The molecule has 1 atom stereocenters. The molecule has 3 aromatic rings. The Morgan fingerprint density at radius 1 is 0.966 bits per heavy atom. The van der Waals surface area contributed by atoms with Gasteiger partial charge < -0.3 is 10.2 Å². The minimum absolute atomic E-state index is 0.00379. The van der Waals surface area contributed by atoms with Crippen LogP contribution in [0.1, 0.15) is 34.8 Å². The largest absolute Gasteiger partial charge is 0.378 e. The van der Waals surface area contributed by atoms with Crippen LogP contribution in [0.2, 0.25) is 0 Å². The van der Waals surface area contributed by atoms with Gasteiger partial charge in [-0.3, -0.25) is 9.69 Å². The van der Waals surface area contributed by atoms with Crippen molar-refractivity contribution >= 4 is 22.4 Å². The average Bonchev–Trinajstić information content (AvgIpc) is 3.28. The zero-order valence-corrected chi connectivity index (χ0v) is 17.3. The second-order valence-electron chi connectivity index (χ2n) is 7.98. The summed E-state index contributed by atoms with van der Waals surface area (Å²) in [5, 5.41) is 5.31. The van der Waals surface area contributed by atoms with Crippen LogP contribution in [0.4, 0.5) is 5.69 Å².